The lowest BCUT2D eigenvalue weighted by atomic mass is 10.1. The fourth-order valence-electron chi connectivity index (χ4n) is 2.60. The molecule has 5 nitrogen and oxygen atoms in total. The van der Waals surface area contributed by atoms with Gasteiger partial charge in [-0.25, -0.2) is 4.98 Å². The molecule has 1 aromatic heterocycles. The van der Waals surface area contributed by atoms with E-state index in [1.807, 2.05) is 37.3 Å². The zero-order chi connectivity index (χ0) is 15.5. The SMILES string of the molecule is Cc1nc(-c2ccccc2)c(C(=O)NCC2CNCC2O)s1. The molecule has 0 radical (unpaired) electrons. The second-order valence-electron chi connectivity index (χ2n) is 5.47. The van der Waals surface area contributed by atoms with Crippen LogP contribution in [0.4, 0.5) is 0 Å². The van der Waals surface area contributed by atoms with Crippen LogP contribution in [0.3, 0.4) is 0 Å². The van der Waals surface area contributed by atoms with Gasteiger partial charge in [0, 0.05) is 31.1 Å². The van der Waals surface area contributed by atoms with Crippen LogP contribution in [-0.4, -0.2) is 41.7 Å². The standard InChI is InChI=1S/C16H19N3O2S/c1-10-19-14(11-5-3-2-4-6-11)15(22-10)16(21)18-8-12-7-17-9-13(12)20/h2-6,12-13,17,20H,7-9H2,1H3,(H,18,21). The Morgan fingerprint density at radius 1 is 1.41 bits per heavy atom. The lowest BCUT2D eigenvalue weighted by molar-refractivity contribution is 0.0931. The first-order valence-electron chi connectivity index (χ1n) is 7.35. The number of hydrogen-bond acceptors (Lipinski definition) is 5. The number of carbonyl (C=O) groups excluding carboxylic acids is 1. The summed E-state index contributed by atoms with van der Waals surface area (Å²) in [5.41, 5.74) is 1.67. The Morgan fingerprint density at radius 3 is 2.86 bits per heavy atom. The Morgan fingerprint density at radius 2 is 2.18 bits per heavy atom. The normalized spacial score (nSPS) is 21.0. The number of aliphatic hydroxyl groups excluding tert-OH is 1. The first-order valence-corrected chi connectivity index (χ1v) is 8.16. The minimum absolute atomic E-state index is 0.0677. The second kappa shape index (κ2) is 6.56. The van der Waals surface area contributed by atoms with Crippen LogP contribution in [-0.2, 0) is 0 Å². The maximum absolute atomic E-state index is 12.5. The second-order valence-corrected chi connectivity index (χ2v) is 6.68. The van der Waals surface area contributed by atoms with Crippen molar-refractivity contribution < 1.29 is 9.90 Å². The van der Waals surface area contributed by atoms with Crippen molar-refractivity contribution in [1.29, 1.82) is 0 Å². The molecular formula is C16H19N3O2S. The van der Waals surface area contributed by atoms with Crippen molar-refractivity contribution >= 4 is 17.2 Å². The Kier molecular flexibility index (Phi) is 4.52. The number of benzene rings is 1. The number of carbonyl (C=O) groups is 1. The van der Waals surface area contributed by atoms with Crippen LogP contribution in [0, 0.1) is 12.8 Å². The Bertz CT molecular complexity index is 657. The van der Waals surface area contributed by atoms with Gasteiger partial charge in [-0.05, 0) is 6.92 Å². The molecule has 1 aliphatic heterocycles. The molecule has 2 heterocycles. The summed E-state index contributed by atoms with van der Waals surface area (Å²) >= 11 is 1.40. The monoisotopic (exact) mass is 317 g/mol. The average molecular weight is 317 g/mol. The van der Waals surface area contributed by atoms with Crippen molar-refractivity contribution in [3.8, 4) is 11.3 Å². The maximum Gasteiger partial charge on any atom is 0.263 e. The van der Waals surface area contributed by atoms with E-state index in [2.05, 4.69) is 15.6 Å². The summed E-state index contributed by atoms with van der Waals surface area (Å²) in [5.74, 6) is -0.0540. The Hall–Kier alpha value is -1.76. The van der Waals surface area contributed by atoms with E-state index in [1.165, 1.54) is 11.3 Å². The molecule has 1 aromatic carbocycles. The lowest BCUT2D eigenvalue weighted by Gasteiger charge is -2.13. The summed E-state index contributed by atoms with van der Waals surface area (Å²) in [7, 11) is 0. The van der Waals surface area contributed by atoms with E-state index >= 15 is 0 Å². The number of aryl methyl sites for hydroxylation is 1. The van der Waals surface area contributed by atoms with Crippen molar-refractivity contribution in [1.82, 2.24) is 15.6 Å². The van der Waals surface area contributed by atoms with Crippen LogP contribution < -0.4 is 10.6 Å². The largest absolute Gasteiger partial charge is 0.391 e. The number of amides is 1. The van der Waals surface area contributed by atoms with E-state index in [9.17, 15) is 9.90 Å². The highest BCUT2D eigenvalue weighted by Crippen LogP contribution is 2.27. The van der Waals surface area contributed by atoms with Crippen LogP contribution in [0.5, 0.6) is 0 Å². The van der Waals surface area contributed by atoms with Crippen molar-refractivity contribution in [2.24, 2.45) is 5.92 Å². The van der Waals surface area contributed by atoms with Gasteiger partial charge in [-0.2, -0.15) is 0 Å². The molecule has 1 amide bonds. The molecule has 2 aromatic rings. The number of hydrogen-bond donors (Lipinski definition) is 3. The summed E-state index contributed by atoms with van der Waals surface area (Å²) in [6.45, 7) is 3.70. The van der Waals surface area contributed by atoms with Gasteiger partial charge < -0.3 is 15.7 Å². The quantitative estimate of drug-likeness (QED) is 0.797. The fraction of sp³-hybridized carbons (Fsp3) is 0.375. The number of thiazole rings is 1. The van der Waals surface area contributed by atoms with E-state index in [4.69, 9.17) is 0 Å². The highest BCUT2D eigenvalue weighted by molar-refractivity contribution is 7.14. The van der Waals surface area contributed by atoms with E-state index < -0.39 is 6.10 Å². The van der Waals surface area contributed by atoms with E-state index in [0.29, 0.717) is 18.0 Å². The van der Waals surface area contributed by atoms with Crippen molar-refractivity contribution in [3.05, 3.63) is 40.2 Å². The molecule has 6 heteroatoms. The molecule has 22 heavy (non-hydrogen) atoms. The zero-order valence-corrected chi connectivity index (χ0v) is 13.2. The first-order chi connectivity index (χ1) is 10.6. The molecule has 3 rings (SSSR count). The van der Waals surface area contributed by atoms with Crippen LogP contribution >= 0.6 is 11.3 Å². The first kappa shape index (κ1) is 15.1. The number of nitrogens with one attached hydrogen (secondary N) is 2. The highest BCUT2D eigenvalue weighted by atomic mass is 32.1. The number of aromatic nitrogens is 1. The van der Waals surface area contributed by atoms with E-state index in [-0.39, 0.29) is 11.8 Å². The van der Waals surface area contributed by atoms with Crippen LogP contribution in [0.15, 0.2) is 30.3 Å². The number of nitrogens with zero attached hydrogens (tertiary/aromatic N) is 1. The molecule has 2 unspecified atom stereocenters. The van der Waals surface area contributed by atoms with Gasteiger partial charge in [0.1, 0.15) is 4.88 Å². The summed E-state index contributed by atoms with van der Waals surface area (Å²) in [5, 5.41) is 16.7. The average Bonchev–Trinajstić information content (AvgIpc) is 3.11. The Balaban J connectivity index is 1.75. The van der Waals surface area contributed by atoms with Gasteiger partial charge in [-0.3, -0.25) is 4.79 Å². The Labute approximate surface area is 133 Å². The lowest BCUT2D eigenvalue weighted by Crippen LogP contribution is -2.34. The summed E-state index contributed by atoms with van der Waals surface area (Å²) in [6, 6.07) is 9.72. The molecule has 2 atom stereocenters. The topological polar surface area (TPSA) is 74.2 Å². The molecule has 0 spiro atoms. The van der Waals surface area contributed by atoms with Gasteiger partial charge >= 0.3 is 0 Å². The van der Waals surface area contributed by atoms with Crippen molar-refractivity contribution in [2.75, 3.05) is 19.6 Å². The van der Waals surface area contributed by atoms with E-state index in [1.54, 1.807) is 0 Å². The zero-order valence-electron chi connectivity index (χ0n) is 12.4. The molecule has 0 aliphatic carbocycles. The summed E-state index contributed by atoms with van der Waals surface area (Å²) in [6.07, 6.45) is -0.392. The predicted molar refractivity (Wildman–Crippen MR) is 87.0 cm³/mol. The molecule has 1 saturated heterocycles. The van der Waals surface area contributed by atoms with Crippen molar-refractivity contribution in [2.45, 2.75) is 13.0 Å². The molecule has 1 fully saturated rings. The van der Waals surface area contributed by atoms with Crippen LogP contribution in [0.2, 0.25) is 0 Å². The molecular weight excluding hydrogens is 298 g/mol. The van der Waals surface area contributed by atoms with Crippen LogP contribution in [0.25, 0.3) is 11.3 Å². The van der Waals surface area contributed by atoms with Gasteiger partial charge in [-0.15, -0.1) is 11.3 Å². The highest BCUT2D eigenvalue weighted by Gasteiger charge is 2.26. The predicted octanol–water partition coefficient (Wildman–Crippen LogP) is 1.43. The van der Waals surface area contributed by atoms with Crippen LogP contribution in [0.1, 0.15) is 14.7 Å². The smallest absolute Gasteiger partial charge is 0.263 e. The third-order valence-corrected chi connectivity index (χ3v) is 4.79. The number of rotatable bonds is 4. The third kappa shape index (κ3) is 3.19. The van der Waals surface area contributed by atoms with Crippen molar-refractivity contribution in [3.63, 3.8) is 0 Å². The third-order valence-electron chi connectivity index (χ3n) is 3.82. The van der Waals surface area contributed by atoms with Gasteiger partial charge in [-0.1, -0.05) is 30.3 Å². The summed E-state index contributed by atoms with van der Waals surface area (Å²) < 4.78 is 0. The minimum Gasteiger partial charge on any atom is -0.391 e. The molecule has 3 N–H and O–H groups in total. The molecule has 116 valence electrons. The molecule has 0 bridgehead atoms. The van der Waals surface area contributed by atoms with Gasteiger partial charge in [0.05, 0.1) is 16.8 Å². The molecule has 1 aliphatic rings. The van der Waals surface area contributed by atoms with Gasteiger partial charge in [0.15, 0.2) is 0 Å². The number of β-amino-alcohol motifs (C(OH)–C–C–N with tert-alkyl or cyclic N) is 1. The fourth-order valence-corrected chi connectivity index (χ4v) is 3.46. The van der Waals surface area contributed by atoms with Gasteiger partial charge in [0.25, 0.3) is 5.91 Å². The summed E-state index contributed by atoms with van der Waals surface area (Å²) in [4.78, 5) is 17.6. The van der Waals surface area contributed by atoms with Gasteiger partial charge in [0.2, 0.25) is 0 Å². The van der Waals surface area contributed by atoms with E-state index in [0.717, 1.165) is 22.8 Å². The maximum atomic E-state index is 12.5. The number of aliphatic hydroxyl groups is 1. The molecule has 0 saturated carbocycles. The minimum atomic E-state index is -0.392.